The molecule has 0 fully saturated rings. The Labute approximate surface area is 214 Å². The van der Waals surface area contributed by atoms with Crippen LogP contribution in [0, 0.1) is 6.92 Å². The van der Waals surface area contributed by atoms with Gasteiger partial charge in [-0.1, -0.05) is 49.8 Å². The molecule has 2 heterocycles. The molecule has 0 unspecified atom stereocenters. The summed E-state index contributed by atoms with van der Waals surface area (Å²) in [6.07, 6.45) is 0.256. The number of fused-ring (bicyclic) bond motifs is 1. The van der Waals surface area contributed by atoms with Gasteiger partial charge in [-0.05, 0) is 60.7 Å². The van der Waals surface area contributed by atoms with Gasteiger partial charge in [0.05, 0.1) is 26.6 Å². The molecule has 7 nitrogen and oxygen atoms in total. The largest absolute Gasteiger partial charge is 0.311 e. The first-order valence-corrected chi connectivity index (χ1v) is 14.0. The smallest absolute Gasteiger partial charge is 0.225 e. The van der Waals surface area contributed by atoms with Gasteiger partial charge in [0.1, 0.15) is 5.82 Å². The van der Waals surface area contributed by atoms with Gasteiger partial charge in [-0.2, -0.15) is 9.78 Å². The molecule has 184 valence electrons. The van der Waals surface area contributed by atoms with Gasteiger partial charge >= 0.3 is 0 Å². The summed E-state index contributed by atoms with van der Waals surface area (Å²) in [5, 5.41) is 8.49. The Hall–Kier alpha value is -2.75. The standard InChI is InChI=1S/C25H27ClN4O3S2/c1-16-14-22(28-23(31)6-5-13-35(32,33)19-10-8-18(26)9-11-19)30(29-16)24-27-20-12-7-17(25(2,3)4)15-21(20)34-24/h7-12,14-15H,5-6,13H2,1-4H3,(H,28,31). The van der Waals surface area contributed by atoms with Crippen LogP contribution in [-0.4, -0.2) is 34.8 Å². The average Bonchev–Trinajstić information content (AvgIpc) is 3.35. The molecule has 1 amide bonds. The Bertz CT molecular complexity index is 1480. The predicted octanol–water partition coefficient (Wildman–Crippen LogP) is 5.93. The highest BCUT2D eigenvalue weighted by Crippen LogP contribution is 2.31. The van der Waals surface area contributed by atoms with Crippen molar-refractivity contribution in [1.29, 1.82) is 0 Å². The van der Waals surface area contributed by atoms with Crippen LogP contribution >= 0.6 is 22.9 Å². The van der Waals surface area contributed by atoms with Crippen molar-refractivity contribution in [3.05, 3.63) is 64.8 Å². The van der Waals surface area contributed by atoms with Crippen molar-refractivity contribution < 1.29 is 13.2 Å². The van der Waals surface area contributed by atoms with E-state index in [2.05, 4.69) is 43.3 Å². The normalized spacial score (nSPS) is 12.3. The zero-order valence-corrected chi connectivity index (χ0v) is 22.4. The maximum absolute atomic E-state index is 12.6. The van der Waals surface area contributed by atoms with Crippen molar-refractivity contribution in [2.75, 3.05) is 11.1 Å². The molecule has 4 rings (SSSR count). The lowest BCUT2D eigenvalue weighted by Gasteiger charge is -2.18. The number of anilines is 1. The van der Waals surface area contributed by atoms with Gasteiger partial charge in [0, 0.05) is 17.5 Å². The number of nitrogens with one attached hydrogen (secondary N) is 1. The third-order valence-electron chi connectivity index (χ3n) is 5.51. The second-order valence-electron chi connectivity index (χ2n) is 9.44. The molecule has 2 aromatic heterocycles. The lowest BCUT2D eigenvalue weighted by atomic mass is 9.87. The van der Waals surface area contributed by atoms with Gasteiger partial charge in [-0.3, -0.25) is 4.79 Å². The van der Waals surface area contributed by atoms with Crippen molar-refractivity contribution in [3.63, 3.8) is 0 Å². The Kier molecular flexibility index (Phi) is 7.04. The Morgan fingerprint density at radius 1 is 1.11 bits per heavy atom. The number of hydrogen-bond acceptors (Lipinski definition) is 6. The van der Waals surface area contributed by atoms with E-state index in [9.17, 15) is 13.2 Å². The summed E-state index contributed by atoms with van der Waals surface area (Å²) in [6.45, 7) is 8.35. The highest BCUT2D eigenvalue weighted by molar-refractivity contribution is 7.91. The highest BCUT2D eigenvalue weighted by Gasteiger charge is 2.19. The van der Waals surface area contributed by atoms with Crippen LogP contribution in [0.5, 0.6) is 0 Å². The van der Waals surface area contributed by atoms with Crippen LogP contribution in [0.1, 0.15) is 44.9 Å². The highest BCUT2D eigenvalue weighted by atomic mass is 35.5. The number of aromatic nitrogens is 3. The number of benzene rings is 2. The van der Waals surface area contributed by atoms with E-state index in [-0.39, 0.29) is 34.8 Å². The predicted molar refractivity (Wildman–Crippen MR) is 142 cm³/mol. The van der Waals surface area contributed by atoms with E-state index in [4.69, 9.17) is 16.6 Å². The summed E-state index contributed by atoms with van der Waals surface area (Å²) in [5.41, 5.74) is 2.86. The number of rotatable bonds is 7. The molecule has 35 heavy (non-hydrogen) atoms. The van der Waals surface area contributed by atoms with E-state index in [1.54, 1.807) is 10.7 Å². The van der Waals surface area contributed by atoms with Crippen molar-refractivity contribution >= 4 is 54.7 Å². The SMILES string of the molecule is Cc1cc(NC(=O)CCCS(=O)(=O)c2ccc(Cl)cc2)n(-c2nc3ccc(C(C)(C)C)cc3s2)n1. The molecule has 0 saturated heterocycles. The van der Waals surface area contributed by atoms with Crippen LogP contribution in [0.15, 0.2) is 53.4 Å². The molecular formula is C25H27ClN4O3S2. The van der Waals surface area contributed by atoms with Crippen LogP contribution in [0.25, 0.3) is 15.3 Å². The number of carbonyl (C=O) groups is 1. The number of aryl methyl sites for hydroxylation is 1. The van der Waals surface area contributed by atoms with Gasteiger partial charge in [0.25, 0.3) is 0 Å². The summed E-state index contributed by atoms with van der Waals surface area (Å²) < 4.78 is 27.7. The summed E-state index contributed by atoms with van der Waals surface area (Å²) in [7, 11) is -3.49. The van der Waals surface area contributed by atoms with E-state index in [0.29, 0.717) is 16.0 Å². The number of amides is 1. The Morgan fingerprint density at radius 3 is 2.51 bits per heavy atom. The van der Waals surface area contributed by atoms with E-state index in [1.165, 1.54) is 41.2 Å². The molecule has 0 aliphatic carbocycles. The van der Waals surface area contributed by atoms with E-state index < -0.39 is 9.84 Å². The first-order chi connectivity index (χ1) is 16.4. The molecule has 0 atom stereocenters. The molecule has 0 bridgehead atoms. The first kappa shape index (κ1) is 25.3. The number of thiazole rings is 1. The number of carbonyl (C=O) groups excluding carboxylic acids is 1. The molecule has 0 spiro atoms. The third kappa shape index (κ3) is 5.91. The van der Waals surface area contributed by atoms with Gasteiger partial charge in [0.2, 0.25) is 11.0 Å². The van der Waals surface area contributed by atoms with Crippen molar-refractivity contribution in [3.8, 4) is 5.13 Å². The first-order valence-electron chi connectivity index (χ1n) is 11.2. The molecule has 0 aliphatic heterocycles. The number of halogens is 1. The van der Waals surface area contributed by atoms with E-state index in [0.717, 1.165) is 15.9 Å². The molecule has 10 heteroatoms. The Balaban J connectivity index is 1.45. The summed E-state index contributed by atoms with van der Waals surface area (Å²) in [6, 6.07) is 14.0. The van der Waals surface area contributed by atoms with Gasteiger partial charge < -0.3 is 5.32 Å². The minimum absolute atomic E-state index is 0.0286. The molecule has 2 aromatic carbocycles. The number of nitrogens with zero attached hydrogens (tertiary/aromatic N) is 3. The topological polar surface area (TPSA) is 94.0 Å². The van der Waals surface area contributed by atoms with Crippen LogP contribution < -0.4 is 5.32 Å². The maximum Gasteiger partial charge on any atom is 0.225 e. The second kappa shape index (κ2) is 9.72. The molecule has 1 N–H and O–H groups in total. The van der Waals surface area contributed by atoms with Crippen LogP contribution in [-0.2, 0) is 20.0 Å². The van der Waals surface area contributed by atoms with Gasteiger partial charge in [0.15, 0.2) is 9.84 Å². The van der Waals surface area contributed by atoms with Crippen molar-refractivity contribution in [1.82, 2.24) is 14.8 Å². The second-order valence-corrected chi connectivity index (χ2v) is 13.0. The summed E-state index contributed by atoms with van der Waals surface area (Å²) >= 11 is 7.34. The fourth-order valence-electron chi connectivity index (χ4n) is 3.59. The lowest BCUT2D eigenvalue weighted by molar-refractivity contribution is -0.116. The zero-order chi connectivity index (χ0) is 25.4. The fraction of sp³-hybridized carbons (Fsp3) is 0.320. The van der Waals surface area contributed by atoms with Gasteiger partial charge in [-0.15, -0.1) is 0 Å². The fourth-order valence-corrected chi connectivity index (χ4v) is 6.00. The third-order valence-corrected chi connectivity index (χ3v) is 8.58. The average molecular weight is 531 g/mol. The maximum atomic E-state index is 12.6. The summed E-state index contributed by atoms with van der Waals surface area (Å²) in [5.74, 6) is 0.0886. The monoisotopic (exact) mass is 530 g/mol. The van der Waals surface area contributed by atoms with Crippen LogP contribution in [0.2, 0.25) is 5.02 Å². The molecule has 4 aromatic rings. The molecule has 0 saturated carbocycles. The minimum atomic E-state index is -3.49. The number of sulfone groups is 1. The Morgan fingerprint density at radius 2 is 1.83 bits per heavy atom. The van der Waals surface area contributed by atoms with Crippen molar-refractivity contribution in [2.45, 2.75) is 50.8 Å². The van der Waals surface area contributed by atoms with Crippen LogP contribution in [0.3, 0.4) is 0 Å². The molecule has 0 radical (unpaired) electrons. The minimum Gasteiger partial charge on any atom is -0.311 e. The van der Waals surface area contributed by atoms with Gasteiger partial charge in [-0.25, -0.2) is 13.4 Å². The lowest BCUT2D eigenvalue weighted by Crippen LogP contribution is -2.16. The van der Waals surface area contributed by atoms with Crippen molar-refractivity contribution in [2.24, 2.45) is 0 Å². The van der Waals surface area contributed by atoms with E-state index >= 15 is 0 Å². The van der Waals surface area contributed by atoms with Crippen LogP contribution in [0.4, 0.5) is 5.82 Å². The van der Waals surface area contributed by atoms with E-state index in [1.807, 2.05) is 13.0 Å². The number of hydrogen-bond donors (Lipinski definition) is 1. The molecule has 0 aliphatic rings. The quantitative estimate of drug-likeness (QED) is 0.319. The summed E-state index contributed by atoms with van der Waals surface area (Å²) in [4.78, 5) is 17.5. The zero-order valence-electron chi connectivity index (χ0n) is 20.0. The molecular weight excluding hydrogens is 504 g/mol.